The Balaban J connectivity index is 1.50. The minimum atomic E-state index is -1.05. The molecule has 5 rings (SSSR count). The number of hydrogen-bond donors (Lipinski definition) is 1. The molecule has 1 aromatic heterocycles. The number of aromatic nitrogens is 2. The van der Waals surface area contributed by atoms with Gasteiger partial charge in [0.1, 0.15) is 6.04 Å². The van der Waals surface area contributed by atoms with Gasteiger partial charge in [-0.15, -0.1) is 0 Å². The van der Waals surface area contributed by atoms with Gasteiger partial charge in [0.15, 0.2) is 0 Å². The molecule has 3 aromatic carbocycles. The zero-order valence-electron chi connectivity index (χ0n) is 19.2. The first-order chi connectivity index (χ1) is 17.4. The van der Waals surface area contributed by atoms with E-state index in [4.69, 9.17) is 23.2 Å². The number of hydrogen-bond acceptors (Lipinski definition) is 3. The zero-order valence-corrected chi connectivity index (χ0v) is 20.7. The molecule has 6 nitrogen and oxygen atoms in total. The minimum Gasteiger partial charge on any atom is -0.480 e. The highest BCUT2D eigenvalue weighted by atomic mass is 35.5. The van der Waals surface area contributed by atoms with Crippen molar-refractivity contribution in [1.29, 1.82) is 0 Å². The largest absolute Gasteiger partial charge is 0.480 e. The van der Waals surface area contributed by atoms with E-state index < -0.39 is 17.9 Å². The van der Waals surface area contributed by atoms with Crippen LogP contribution in [0.2, 0.25) is 10.0 Å². The van der Waals surface area contributed by atoms with Gasteiger partial charge < -0.3 is 14.6 Å². The van der Waals surface area contributed by atoms with E-state index in [1.54, 1.807) is 54.9 Å². The van der Waals surface area contributed by atoms with Gasteiger partial charge in [0.05, 0.1) is 24.5 Å². The number of imidazole rings is 1. The summed E-state index contributed by atoms with van der Waals surface area (Å²) < 4.78 is 1.97. The Labute approximate surface area is 218 Å². The number of halogens is 2. The summed E-state index contributed by atoms with van der Waals surface area (Å²) in [6.45, 7) is 0.701. The van der Waals surface area contributed by atoms with Gasteiger partial charge in [-0.1, -0.05) is 77.8 Å². The number of carbonyl (C=O) groups is 2. The molecule has 0 saturated heterocycles. The first-order valence-corrected chi connectivity index (χ1v) is 12.3. The van der Waals surface area contributed by atoms with Crippen molar-refractivity contribution in [2.24, 2.45) is 0 Å². The Morgan fingerprint density at radius 2 is 1.50 bits per heavy atom. The van der Waals surface area contributed by atoms with Gasteiger partial charge in [0.2, 0.25) is 5.91 Å². The summed E-state index contributed by atoms with van der Waals surface area (Å²) in [7, 11) is 0. The van der Waals surface area contributed by atoms with Crippen molar-refractivity contribution in [3.05, 3.63) is 123 Å². The van der Waals surface area contributed by atoms with Crippen LogP contribution in [0.1, 0.15) is 34.0 Å². The third-order valence-corrected chi connectivity index (χ3v) is 7.04. The Morgan fingerprint density at radius 1 is 0.917 bits per heavy atom. The maximum absolute atomic E-state index is 14.1. The van der Waals surface area contributed by atoms with Crippen molar-refractivity contribution in [3.8, 4) is 0 Å². The molecule has 1 aliphatic heterocycles. The summed E-state index contributed by atoms with van der Waals surface area (Å²) in [4.78, 5) is 32.4. The predicted molar refractivity (Wildman–Crippen MR) is 138 cm³/mol. The van der Waals surface area contributed by atoms with Crippen LogP contribution in [0.25, 0.3) is 0 Å². The molecule has 1 unspecified atom stereocenters. The van der Waals surface area contributed by atoms with Crippen LogP contribution in [-0.4, -0.2) is 37.5 Å². The fourth-order valence-corrected chi connectivity index (χ4v) is 4.96. The van der Waals surface area contributed by atoms with Crippen LogP contribution >= 0.6 is 23.2 Å². The Hall–Kier alpha value is -3.61. The van der Waals surface area contributed by atoms with Crippen molar-refractivity contribution < 1.29 is 14.7 Å². The fourth-order valence-electron chi connectivity index (χ4n) is 4.70. The number of rotatable bonds is 6. The number of fused-ring (bicyclic) bond motifs is 1. The molecular weight excluding hydrogens is 497 g/mol. The first kappa shape index (κ1) is 24.1. The monoisotopic (exact) mass is 519 g/mol. The maximum Gasteiger partial charge on any atom is 0.326 e. The number of benzene rings is 3. The van der Waals surface area contributed by atoms with Crippen molar-refractivity contribution >= 4 is 35.1 Å². The first-order valence-electron chi connectivity index (χ1n) is 11.5. The zero-order chi connectivity index (χ0) is 25.2. The normalized spacial score (nSPS) is 15.1. The van der Waals surface area contributed by atoms with Crippen molar-refractivity contribution in [3.63, 3.8) is 0 Å². The molecular formula is C28H23Cl2N3O3. The standard InChI is InChI=1S/C28H23Cl2N3O3/c29-21-10-6-19(7-11-21)26(20-8-12-22(30)13-9-20)27(34)33-16-23-24(14-25(33)28(35)36)32(17-31-23)15-18-4-2-1-3-5-18/h1-13,17,25-26H,14-16H2,(H,35,36). The summed E-state index contributed by atoms with van der Waals surface area (Å²) in [6, 6.07) is 23.0. The molecule has 1 N–H and O–H groups in total. The Morgan fingerprint density at radius 3 is 2.06 bits per heavy atom. The Bertz CT molecular complexity index is 1340. The van der Waals surface area contributed by atoms with Crippen LogP contribution in [0.5, 0.6) is 0 Å². The van der Waals surface area contributed by atoms with Gasteiger partial charge >= 0.3 is 5.97 Å². The van der Waals surface area contributed by atoms with Crippen LogP contribution in [0, 0.1) is 0 Å². The predicted octanol–water partition coefficient (Wildman–Crippen LogP) is 5.41. The van der Waals surface area contributed by atoms with Crippen LogP contribution in [0.4, 0.5) is 0 Å². The van der Waals surface area contributed by atoms with Crippen molar-refractivity contribution in [1.82, 2.24) is 14.5 Å². The fraction of sp³-hybridized carbons (Fsp3) is 0.179. The number of amides is 1. The van der Waals surface area contributed by atoms with E-state index in [1.807, 2.05) is 34.9 Å². The molecule has 0 aliphatic carbocycles. The van der Waals surface area contributed by atoms with Gasteiger partial charge in [0.25, 0.3) is 0 Å². The molecule has 1 atom stereocenters. The average Bonchev–Trinajstić information content (AvgIpc) is 3.27. The Kier molecular flexibility index (Phi) is 6.81. The summed E-state index contributed by atoms with van der Waals surface area (Å²) in [6.07, 6.45) is 1.90. The van der Waals surface area contributed by atoms with Crippen molar-refractivity contribution in [2.45, 2.75) is 31.5 Å². The van der Waals surface area contributed by atoms with E-state index in [0.29, 0.717) is 22.3 Å². The quantitative estimate of drug-likeness (QED) is 0.369. The highest BCUT2D eigenvalue weighted by molar-refractivity contribution is 6.30. The number of carbonyl (C=O) groups excluding carboxylic acids is 1. The van der Waals surface area contributed by atoms with Gasteiger partial charge in [-0.2, -0.15) is 0 Å². The van der Waals surface area contributed by atoms with Gasteiger partial charge in [-0.05, 0) is 41.0 Å². The topological polar surface area (TPSA) is 75.4 Å². The van der Waals surface area contributed by atoms with Crippen LogP contribution in [0.15, 0.2) is 85.2 Å². The number of carboxylic acid groups (broad SMARTS) is 1. The lowest BCUT2D eigenvalue weighted by atomic mass is 9.88. The summed E-state index contributed by atoms with van der Waals surface area (Å²) >= 11 is 12.2. The second-order valence-corrected chi connectivity index (χ2v) is 9.68. The van der Waals surface area contributed by atoms with Gasteiger partial charge in [0, 0.05) is 28.7 Å². The van der Waals surface area contributed by atoms with Crippen molar-refractivity contribution in [2.75, 3.05) is 0 Å². The minimum absolute atomic E-state index is 0.116. The van der Waals surface area contributed by atoms with E-state index >= 15 is 0 Å². The highest BCUT2D eigenvalue weighted by Gasteiger charge is 2.40. The number of carboxylic acids is 1. The smallest absolute Gasteiger partial charge is 0.326 e. The molecule has 8 heteroatoms. The molecule has 0 fully saturated rings. The van der Waals surface area contributed by atoms with E-state index in [0.717, 1.165) is 22.4 Å². The third kappa shape index (κ3) is 4.87. The maximum atomic E-state index is 14.1. The van der Waals surface area contributed by atoms with Gasteiger partial charge in [-0.3, -0.25) is 4.79 Å². The summed E-state index contributed by atoms with van der Waals surface area (Å²) in [5.74, 6) is -2.07. The molecule has 1 aliphatic rings. The second-order valence-electron chi connectivity index (χ2n) is 8.81. The molecule has 36 heavy (non-hydrogen) atoms. The third-order valence-electron chi connectivity index (χ3n) is 6.53. The summed E-state index contributed by atoms with van der Waals surface area (Å²) in [5, 5.41) is 11.2. The van der Waals surface area contributed by atoms with Crippen LogP contribution in [0.3, 0.4) is 0 Å². The molecule has 0 bridgehead atoms. The van der Waals surface area contributed by atoms with E-state index in [1.165, 1.54) is 4.90 Å². The van der Waals surface area contributed by atoms with Gasteiger partial charge in [-0.25, -0.2) is 9.78 Å². The second kappa shape index (κ2) is 10.2. The molecule has 0 radical (unpaired) electrons. The molecule has 0 spiro atoms. The SMILES string of the molecule is O=C(O)C1Cc2c(ncn2Cc2ccccc2)CN1C(=O)C(c1ccc(Cl)cc1)c1ccc(Cl)cc1. The number of aliphatic carboxylic acids is 1. The van der Waals surface area contributed by atoms with Crippen LogP contribution in [-0.2, 0) is 29.1 Å². The molecule has 182 valence electrons. The average molecular weight is 520 g/mol. The molecule has 1 amide bonds. The van der Waals surface area contributed by atoms with E-state index in [-0.39, 0.29) is 18.9 Å². The number of nitrogens with zero attached hydrogens (tertiary/aromatic N) is 3. The van der Waals surface area contributed by atoms with Crippen LogP contribution < -0.4 is 0 Å². The highest BCUT2D eigenvalue weighted by Crippen LogP contribution is 2.33. The lowest BCUT2D eigenvalue weighted by Crippen LogP contribution is -2.50. The lowest BCUT2D eigenvalue weighted by Gasteiger charge is -2.35. The lowest BCUT2D eigenvalue weighted by molar-refractivity contribution is -0.151. The van der Waals surface area contributed by atoms with E-state index in [2.05, 4.69) is 4.98 Å². The molecule has 0 saturated carbocycles. The molecule has 2 heterocycles. The molecule has 4 aromatic rings. The van der Waals surface area contributed by atoms with E-state index in [9.17, 15) is 14.7 Å². The summed E-state index contributed by atoms with van der Waals surface area (Å²) in [5.41, 5.74) is 4.08.